The SMILES string of the molecule is COc1ccc(S(=O)(=O)Nc2nc(-c3ccc(Cl)cc3)cs2)cc1N1CCN(C)CC1. The van der Waals surface area contributed by atoms with Crippen molar-refractivity contribution in [3.63, 3.8) is 0 Å². The minimum Gasteiger partial charge on any atom is -0.495 e. The average Bonchev–Trinajstić information content (AvgIpc) is 3.22. The number of likely N-dealkylation sites (N-methyl/N-ethyl adjacent to an activating group) is 1. The molecule has 0 radical (unpaired) electrons. The Balaban J connectivity index is 1.57. The molecular formula is C21H23ClN4O3S2. The van der Waals surface area contributed by atoms with E-state index in [9.17, 15) is 8.42 Å². The lowest BCUT2D eigenvalue weighted by molar-refractivity contribution is 0.311. The number of hydrogen-bond donors (Lipinski definition) is 1. The van der Waals surface area contributed by atoms with Gasteiger partial charge in [0.15, 0.2) is 5.13 Å². The minimum atomic E-state index is -3.80. The number of nitrogens with zero attached hydrogens (tertiary/aromatic N) is 3. The van der Waals surface area contributed by atoms with E-state index in [1.807, 2.05) is 17.5 Å². The Hall–Kier alpha value is -2.33. The van der Waals surface area contributed by atoms with Crippen molar-refractivity contribution in [2.24, 2.45) is 0 Å². The number of benzene rings is 2. The van der Waals surface area contributed by atoms with E-state index in [0.29, 0.717) is 21.6 Å². The van der Waals surface area contributed by atoms with Gasteiger partial charge in [0.05, 0.1) is 23.4 Å². The van der Waals surface area contributed by atoms with E-state index >= 15 is 0 Å². The zero-order chi connectivity index (χ0) is 22.0. The monoisotopic (exact) mass is 478 g/mol. The van der Waals surface area contributed by atoms with E-state index < -0.39 is 10.0 Å². The van der Waals surface area contributed by atoms with Crippen molar-refractivity contribution in [1.82, 2.24) is 9.88 Å². The van der Waals surface area contributed by atoms with Crippen LogP contribution >= 0.6 is 22.9 Å². The van der Waals surface area contributed by atoms with Gasteiger partial charge in [0.25, 0.3) is 10.0 Å². The average molecular weight is 479 g/mol. The first-order valence-corrected chi connectivity index (χ1v) is 12.5. The van der Waals surface area contributed by atoms with Crippen LogP contribution in [-0.2, 0) is 10.0 Å². The second kappa shape index (κ2) is 9.04. The highest BCUT2D eigenvalue weighted by Crippen LogP contribution is 2.33. The lowest BCUT2D eigenvalue weighted by Gasteiger charge is -2.34. The Kier molecular flexibility index (Phi) is 6.38. The molecule has 164 valence electrons. The summed E-state index contributed by atoms with van der Waals surface area (Å²) in [4.78, 5) is 8.99. The Labute approximate surface area is 191 Å². The molecule has 1 N–H and O–H groups in total. The molecule has 0 aliphatic carbocycles. The fourth-order valence-electron chi connectivity index (χ4n) is 3.38. The quantitative estimate of drug-likeness (QED) is 0.576. The zero-order valence-electron chi connectivity index (χ0n) is 17.2. The van der Waals surface area contributed by atoms with Gasteiger partial charge in [0.2, 0.25) is 0 Å². The summed E-state index contributed by atoms with van der Waals surface area (Å²) in [7, 11) is -0.134. The van der Waals surface area contributed by atoms with Crippen LogP contribution in [0.3, 0.4) is 0 Å². The lowest BCUT2D eigenvalue weighted by atomic mass is 10.2. The number of anilines is 2. The second-order valence-electron chi connectivity index (χ2n) is 7.27. The van der Waals surface area contributed by atoms with Crippen LogP contribution in [0, 0.1) is 0 Å². The summed E-state index contributed by atoms with van der Waals surface area (Å²) in [6, 6.07) is 12.2. The van der Waals surface area contributed by atoms with E-state index in [-0.39, 0.29) is 4.90 Å². The third-order valence-electron chi connectivity index (χ3n) is 5.17. The van der Waals surface area contributed by atoms with E-state index in [1.165, 1.54) is 11.3 Å². The van der Waals surface area contributed by atoms with E-state index in [4.69, 9.17) is 16.3 Å². The summed E-state index contributed by atoms with van der Waals surface area (Å²) in [6.45, 7) is 3.43. The molecule has 1 aliphatic rings. The van der Waals surface area contributed by atoms with Crippen LogP contribution in [0.25, 0.3) is 11.3 Å². The number of ether oxygens (including phenoxy) is 1. The van der Waals surface area contributed by atoms with Crippen molar-refractivity contribution in [2.45, 2.75) is 4.90 Å². The summed E-state index contributed by atoms with van der Waals surface area (Å²) in [5.41, 5.74) is 2.33. The van der Waals surface area contributed by atoms with Crippen molar-refractivity contribution in [3.05, 3.63) is 52.9 Å². The van der Waals surface area contributed by atoms with Crippen molar-refractivity contribution >= 4 is 43.8 Å². The second-order valence-corrected chi connectivity index (χ2v) is 10.3. The van der Waals surface area contributed by atoms with Crippen LogP contribution < -0.4 is 14.4 Å². The molecule has 7 nitrogen and oxygen atoms in total. The van der Waals surface area contributed by atoms with Gasteiger partial charge in [-0.05, 0) is 37.4 Å². The molecule has 1 aliphatic heterocycles. The van der Waals surface area contributed by atoms with Gasteiger partial charge in [0.1, 0.15) is 5.75 Å². The van der Waals surface area contributed by atoms with Crippen LogP contribution in [0.15, 0.2) is 52.7 Å². The maximum atomic E-state index is 13.0. The van der Waals surface area contributed by atoms with Crippen LogP contribution in [-0.4, -0.2) is 58.6 Å². The summed E-state index contributed by atoms with van der Waals surface area (Å²) < 4.78 is 34.2. The molecule has 3 aromatic rings. The molecule has 0 spiro atoms. The first kappa shape index (κ1) is 21.9. The Morgan fingerprint density at radius 1 is 1.10 bits per heavy atom. The van der Waals surface area contributed by atoms with Crippen molar-refractivity contribution in [3.8, 4) is 17.0 Å². The van der Waals surface area contributed by atoms with Gasteiger partial charge in [-0.1, -0.05) is 23.7 Å². The van der Waals surface area contributed by atoms with Gasteiger partial charge in [-0.2, -0.15) is 0 Å². The Bertz CT molecular complexity index is 1160. The highest BCUT2D eigenvalue weighted by atomic mass is 35.5. The maximum Gasteiger partial charge on any atom is 0.263 e. The van der Waals surface area contributed by atoms with Gasteiger partial charge in [-0.3, -0.25) is 4.72 Å². The number of rotatable bonds is 6. The number of piperazine rings is 1. The van der Waals surface area contributed by atoms with Crippen molar-refractivity contribution in [1.29, 1.82) is 0 Å². The van der Waals surface area contributed by atoms with Gasteiger partial charge < -0.3 is 14.5 Å². The predicted octanol–water partition coefficient (Wildman–Crippen LogP) is 4.02. The standard InChI is InChI=1S/C21H23ClN4O3S2/c1-25-9-11-26(12-10-25)19-13-17(7-8-20(19)29-2)31(27,28)24-21-23-18(14-30-21)15-3-5-16(22)6-4-15/h3-8,13-14H,9-12H2,1-2H3,(H,23,24). The summed E-state index contributed by atoms with van der Waals surface area (Å²) in [5, 5.41) is 2.75. The van der Waals surface area contributed by atoms with Crippen LogP contribution in [0.5, 0.6) is 5.75 Å². The van der Waals surface area contributed by atoms with E-state index in [0.717, 1.165) is 37.4 Å². The molecule has 2 heterocycles. The molecule has 0 unspecified atom stereocenters. The molecule has 0 amide bonds. The number of nitrogens with one attached hydrogen (secondary N) is 1. The van der Waals surface area contributed by atoms with Crippen molar-refractivity contribution in [2.75, 3.05) is 50.0 Å². The van der Waals surface area contributed by atoms with E-state index in [1.54, 1.807) is 37.4 Å². The first-order valence-electron chi connectivity index (χ1n) is 9.71. The van der Waals surface area contributed by atoms with Gasteiger partial charge in [-0.15, -0.1) is 11.3 Å². The fraction of sp³-hybridized carbons (Fsp3) is 0.286. The topological polar surface area (TPSA) is 74.8 Å². The maximum absolute atomic E-state index is 13.0. The number of thiazole rings is 1. The molecule has 0 saturated carbocycles. The van der Waals surface area contributed by atoms with E-state index in [2.05, 4.69) is 26.6 Å². The lowest BCUT2D eigenvalue weighted by Crippen LogP contribution is -2.44. The van der Waals surface area contributed by atoms with Gasteiger partial charge in [0, 0.05) is 42.1 Å². The highest BCUT2D eigenvalue weighted by Gasteiger charge is 2.22. The predicted molar refractivity (Wildman–Crippen MR) is 126 cm³/mol. The normalized spacial score (nSPS) is 15.1. The minimum absolute atomic E-state index is 0.172. The molecule has 0 atom stereocenters. The smallest absolute Gasteiger partial charge is 0.263 e. The Morgan fingerprint density at radius 2 is 1.81 bits per heavy atom. The number of halogens is 1. The number of sulfonamides is 1. The molecule has 1 aromatic heterocycles. The molecule has 1 fully saturated rings. The number of methoxy groups -OCH3 is 1. The fourth-order valence-corrected chi connectivity index (χ4v) is 5.50. The highest BCUT2D eigenvalue weighted by molar-refractivity contribution is 7.93. The molecule has 1 saturated heterocycles. The largest absolute Gasteiger partial charge is 0.495 e. The third kappa shape index (κ3) is 4.95. The number of hydrogen-bond acceptors (Lipinski definition) is 7. The summed E-state index contributed by atoms with van der Waals surface area (Å²) in [5.74, 6) is 0.655. The molecule has 31 heavy (non-hydrogen) atoms. The molecule has 10 heteroatoms. The summed E-state index contributed by atoms with van der Waals surface area (Å²) >= 11 is 7.17. The molecule has 0 bridgehead atoms. The van der Waals surface area contributed by atoms with Crippen molar-refractivity contribution < 1.29 is 13.2 Å². The molecular weight excluding hydrogens is 456 g/mol. The molecule has 2 aromatic carbocycles. The van der Waals surface area contributed by atoms with Gasteiger partial charge >= 0.3 is 0 Å². The van der Waals surface area contributed by atoms with Crippen LogP contribution in [0.2, 0.25) is 5.02 Å². The Morgan fingerprint density at radius 3 is 2.48 bits per heavy atom. The summed E-state index contributed by atoms with van der Waals surface area (Å²) in [6.07, 6.45) is 0. The van der Waals surface area contributed by atoms with Crippen LogP contribution in [0.4, 0.5) is 10.8 Å². The van der Waals surface area contributed by atoms with Gasteiger partial charge in [-0.25, -0.2) is 13.4 Å². The first-order chi connectivity index (χ1) is 14.9. The number of aromatic nitrogens is 1. The molecule has 4 rings (SSSR count). The third-order valence-corrected chi connectivity index (χ3v) is 7.65. The zero-order valence-corrected chi connectivity index (χ0v) is 19.6. The van der Waals surface area contributed by atoms with Crippen LogP contribution in [0.1, 0.15) is 0 Å².